The molecule has 2 unspecified atom stereocenters. The molecule has 0 spiro atoms. The zero-order chi connectivity index (χ0) is 12.5. The van der Waals surface area contributed by atoms with Crippen LogP contribution >= 0.6 is 0 Å². The van der Waals surface area contributed by atoms with Gasteiger partial charge in [0, 0.05) is 26.2 Å². The van der Waals surface area contributed by atoms with E-state index < -0.39 is 11.4 Å². The highest BCUT2D eigenvalue weighted by atomic mass is 16.5. The van der Waals surface area contributed by atoms with Crippen molar-refractivity contribution in [3.8, 4) is 0 Å². The van der Waals surface area contributed by atoms with E-state index in [9.17, 15) is 9.90 Å². The van der Waals surface area contributed by atoms with Gasteiger partial charge >= 0.3 is 5.97 Å². The normalized spacial score (nSPS) is 36.2. The van der Waals surface area contributed by atoms with Gasteiger partial charge in [-0.1, -0.05) is 0 Å². The van der Waals surface area contributed by atoms with Crippen molar-refractivity contribution in [2.45, 2.75) is 19.4 Å². The van der Waals surface area contributed by atoms with Crippen LogP contribution in [0.1, 0.15) is 13.3 Å². The first-order valence-electron chi connectivity index (χ1n) is 6.25. The molecule has 2 atom stereocenters. The third kappa shape index (κ3) is 2.97. The van der Waals surface area contributed by atoms with Gasteiger partial charge in [0.15, 0.2) is 0 Å². The van der Waals surface area contributed by atoms with Crippen molar-refractivity contribution in [2.24, 2.45) is 5.41 Å². The van der Waals surface area contributed by atoms with Crippen molar-refractivity contribution in [3.63, 3.8) is 0 Å². The Morgan fingerprint density at radius 1 is 1.53 bits per heavy atom. The Morgan fingerprint density at radius 3 is 2.88 bits per heavy atom. The fourth-order valence-corrected chi connectivity index (χ4v) is 2.65. The fourth-order valence-electron chi connectivity index (χ4n) is 2.65. The number of ether oxygens (including phenoxy) is 1. The van der Waals surface area contributed by atoms with E-state index in [2.05, 4.69) is 16.8 Å². The number of hydrogen-bond acceptors (Lipinski definition) is 4. The summed E-state index contributed by atoms with van der Waals surface area (Å²) in [6.45, 7) is 6.92. The summed E-state index contributed by atoms with van der Waals surface area (Å²) in [5.74, 6) is -0.679. The minimum atomic E-state index is -0.679. The highest BCUT2D eigenvalue weighted by Gasteiger charge is 2.41. The molecule has 0 aromatic heterocycles. The van der Waals surface area contributed by atoms with Crippen molar-refractivity contribution in [1.29, 1.82) is 0 Å². The number of morpholine rings is 1. The standard InChI is InChI=1S/C12H22N2O3/c1-12(11(15)16)3-4-14(9-12)8-10-7-13(2)5-6-17-10/h10H,3-9H2,1-2H3,(H,15,16). The van der Waals surface area contributed by atoms with E-state index in [0.717, 1.165) is 39.2 Å². The molecule has 0 aromatic carbocycles. The Kier molecular flexibility index (Phi) is 3.70. The zero-order valence-electron chi connectivity index (χ0n) is 10.7. The molecule has 1 N–H and O–H groups in total. The summed E-state index contributed by atoms with van der Waals surface area (Å²) in [5, 5.41) is 9.17. The Morgan fingerprint density at radius 2 is 2.29 bits per heavy atom. The summed E-state index contributed by atoms with van der Waals surface area (Å²) in [4.78, 5) is 15.6. The average molecular weight is 242 g/mol. The first kappa shape index (κ1) is 12.8. The first-order chi connectivity index (χ1) is 7.99. The quantitative estimate of drug-likeness (QED) is 0.761. The lowest BCUT2D eigenvalue weighted by Crippen LogP contribution is -2.46. The highest BCUT2D eigenvalue weighted by molar-refractivity contribution is 5.74. The highest BCUT2D eigenvalue weighted by Crippen LogP contribution is 2.30. The summed E-state index contributed by atoms with van der Waals surface area (Å²) >= 11 is 0. The van der Waals surface area contributed by atoms with E-state index in [4.69, 9.17) is 4.74 Å². The van der Waals surface area contributed by atoms with Crippen molar-refractivity contribution in [2.75, 3.05) is 46.4 Å². The van der Waals surface area contributed by atoms with Gasteiger partial charge in [0.05, 0.1) is 18.1 Å². The number of carboxylic acid groups (broad SMARTS) is 1. The molecule has 0 aromatic rings. The van der Waals surface area contributed by atoms with Crippen LogP contribution < -0.4 is 0 Å². The molecule has 5 heteroatoms. The second-order valence-electron chi connectivity index (χ2n) is 5.61. The fraction of sp³-hybridized carbons (Fsp3) is 0.917. The maximum Gasteiger partial charge on any atom is 0.310 e. The maximum atomic E-state index is 11.1. The van der Waals surface area contributed by atoms with E-state index in [-0.39, 0.29) is 6.10 Å². The minimum absolute atomic E-state index is 0.227. The number of likely N-dealkylation sites (tertiary alicyclic amines) is 1. The number of likely N-dealkylation sites (N-methyl/N-ethyl adjacent to an activating group) is 1. The number of nitrogens with zero attached hydrogens (tertiary/aromatic N) is 2. The number of carbonyl (C=O) groups is 1. The molecule has 2 aliphatic heterocycles. The molecular weight excluding hydrogens is 220 g/mol. The molecule has 0 amide bonds. The Labute approximate surface area is 102 Å². The van der Waals surface area contributed by atoms with Gasteiger partial charge < -0.3 is 14.7 Å². The van der Waals surface area contributed by atoms with E-state index >= 15 is 0 Å². The number of hydrogen-bond donors (Lipinski definition) is 1. The summed E-state index contributed by atoms with van der Waals surface area (Å²) < 4.78 is 5.71. The van der Waals surface area contributed by atoms with Crippen molar-refractivity contribution in [3.05, 3.63) is 0 Å². The summed E-state index contributed by atoms with van der Waals surface area (Å²) in [7, 11) is 2.10. The smallest absolute Gasteiger partial charge is 0.310 e. The molecule has 0 radical (unpaired) electrons. The largest absolute Gasteiger partial charge is 0.481 e. The van der Waals surface area contributed by atoms with Crippen molar-refractivity contribution < 1.29 is 14.6 Å². The van der Waals surface area contributed by atoms with Crippen LogP contribution in [0, 0.1) is 5.41 Å². The lowest BCUT2D eigenvalue weighted by Gasteiger charge is -2.32. The predicted octanol–water partition coefficient (Wildman–Crippen LogP) is 0.114. The van der Waals surface area contributed by atoms with Crippen LogP contribution in [0.2, 0.25) is 0 Å². The van der Waals surface area contributed by atoms with Crippen LogP contribution in [-0.4, -0.2) is 73.4 Å². The summed E-state index contributed by atoms with van der Waals surface area (Å²) in [6, 6.07) is 0. The number of rotatable bonds is 3. The van der Waals surface area contributed by atoms with Crippen LogP contribution in [0.3, 0.4) is 0 Å². The Bertz CT molecular complexity index is 297. The third-order valence-electron chi connectivity index (χ3n) is 3.87. The lowest BCUT2D eigenvalue weighted by atomic mass is 9.90. The van der Waals surface area contributed by atoms with Gasteiger partial charge in [-0.25, -0.2) is 0 Å². The van der Waals surface area contributed by atoms with Crippen LogP contribution in [-0.2, 0) is 9.53 Å². The molecule has 2 aliphatic rings. The van der Waals surface area contributed by atoms with Crippen molar-refractivity contribution in [1.82, 2.24) is 9.80 Å². The van der Waals surface area contributed by atoms with Gasteiger partial charge in [-0.3, -0.25) is 9.69 Å². The number of carboxylic acids is 1. The first-order valence-corrected chi connectivity index (χ1v) is 6.25. The molecule has 2 fully saturated rings. The monoisotopic (exact) mass is 242 g/mol. The second-order valence-corrected chi connectivity index (χ2v) is 5.61. The molecule has 0 saturated carbocycles. The van der Waals surface area contributed by atoms with E-state index in [1.54, 1.807) is 0 Å². The number of aliphatic carboxylic acids is 1. The van der Waals surface area contributed by atoms with Crippen molar-refractivity contribution >= 4 is 5.97 Å². The maximum absolute atomic E-state index is 11.1. The molecule has 5 nitrogen and oxygen atoms in total. The molecule has 0 bridgehead atoms. The SMILES string of the molecule is CN1CCOC(CN2CCC(C)(C(=O)O)C2)C1. The molecule has 2 saturated heterocycles. The predicted molar refractivity (Wildman–Crippen MR) is 64.0 cm³/mol. The molecule has 17 heavy (non-hydrogen) atoms. The van der Waals surface area contributed by atoms with Gasteiger partial charge in [-0.15, -0.1) is 0 Å². The van der Waals surface area contributed by atoms with E-state index in [0.29, 0.717) is 6.54 Å². The third-order valence-corrected chi connectivity index (χ3v) is 3.87. The second kappa shape index (κ2) is 4.92. The molecule has 2 rings (SSSR count). The Balaban J connectivity index is 1.83. The van der Waals surface area contributed by atoms with E-state index in [1.165, 1.54) is 0 Å². The van der Waals surface area contributed by atoms with Gasteiger partial charge in [-0.05, 0) is 26.9 Å². The lowest BCUT2D eigenvalue weighted by molar-refractivity contribution is -0.147. The van der Waals surface area contributed by atoms with Crippen LogP contribution in [0.4, 0.5) is 0 Å². The summed E-state index contributed by atoms with van der Waals surface area (Å²) in [5.41, 5.74) is -0.569. The van der Waals surface area contributed by atoms with Gasteiger partial charge in [-0.2, -0.15) is 0 Å². The van der Waals surface area contributed by atoms with E-state index in [1.807, 2.05) is 6.92 Å². The molecule has 98 valence electrons. The average Bonchev–Trinajstić information content (AvgIpc) is 2.61. The van der Waals surface area contributed by atoms with Crippen LogP contribution in [0.15, 0.2) is 0 Å². The molecular formula is C12H22N2O3. The van der Waals surface area contributed by atoms with Crippen LogP contribution in [0.25, 0.3) is 0 Å². The van der Waals surface area contributed by atoms with Crippen LogP contribution in [0.5, 0.6) is 0 Å². The molecule has 2 heterocycles. The van der Waals surface area contributed by atoms with Gasteiger partial charge in [0.1, 0.15) is 0 Å². The zero-order valence-corrected chi connectivity index (χ0v) is 10.7. The van der Waals surface area contributed by atoms with Gasteiger partial charge in [0.25, 0.3) is 0 Å². The topological polar surface area (TPSA) is 53.0 Å². The van der Waals surface area contributed by atoms with Gasteiger partial charge in [0.2, 0.25) is 0 Å². The minimum Gasteiger partial charge on any atom is -0.481 e. The molecule has 0 aliphatic carbocycles. The Hall–Kier alpha value is -0.650. The summed E-state index contributed by atoms with van der Waals surface area (Å²) in [6.07, 6.45) is 0.968.